The van der Waals surface area contributed by atoms with Gasteiger partial charge in [0.25, 0.3) is 0 Å². The molecule has 2 aliphatic rings. The van der Waals surface area contributed by atoms with E-state index in [1.54, 1.807) is 0 Å². The maximum atomic E-state index is 12.0. The molecule has 0 bridgehead atoms. The Labute approximate surface area is 104 Å². The largest absolute Gasteiger partial charge is 0.460 e. The Bertz CT molecular complexity index is 286. The minimum absolute atomic E-state index is 0.0190. The lowest BCUT2D eigenvalue weighted by Gasteiger charge is -2.42. The molecule has 0 aromatic rings. The van der Waals surface area contributed by atoms with Crippen LogP contribution in [0.25, 0.3) is 0 Å². The van der Waals surface area contributed by atoms with E-state index >= 15 is 0 Å². The zero-order valence-corrected chi connectivity index (χ0v) is 11.2. The van der Waals surface area contributed by atoms with Crippen LogP contribution in [-0.2, 0) is 9.53 Å². The molecule has 98 valence electrons. The third-order valence-electron chi connectivity index (χ3n) is 3.52. The fourth-order valence-corrected chi connectivity index (χ4v) is 2.67. The second kappa shape index (κ2) is 4.94. The minimum Gasteiger partial charge on any atom is -0.460 e. The van der Waals surface area contributed by atoms with Gasteiger partial charge in [-0.15, -0.1) is 0 Å². The Hall–Kier alpha value is -0.610. The number of nitrogens with one attached hydrogen (secondary N) is 1. The molecule has 0 aromatic carbocycles. The van der Waals surface area contributed by atoms with Gasteiger partial charge in [0.1, 0.15) is 5.60 Å². The van der Waals surface area contributed by atoms with Crippen LogP contribution in [-0.4, -0.2) is 48.7 Å². The van der Waals surface area contributed by atoms with Crippen molar-refractivity contribution in [2.75, 3.05) is 26.2 Å². The molecule has 2 fully saturated rings. The molecule has 2 heterocycles. The first-order valence-corrected chi connectivity index (χ1v) is 6.63. The van der Waals surface area contributed by atoms with Crippen molar-refractivity contribution < 1.29 is 9.53 Å². The predicted molar refractivity (Wildman–Crippen MR) is 66.8 cm³/mol. The summed E-state index contributed by atoms with van der Waals surface area (Å²) in [6.45, 7) is 9.84. The Morgan fingerprint density at radius 3 is 2.82 bits per heavy atom. The first kappa shape index (κ1) is 12.8. The average Bonchev–Trinajstić information content (AvgIpc) is 2.26. The van der Waals surface area contributed by atoms with Gasteiger partial charge in [-0.1, -0.05) is 0 Å². The molecule has 2 unspecified atom stereocenters. The predicted octanol–water partition coefficient (Wildman–Crippen LogP) is 1.01. The van der Waals surface area contributed by atoms with Gasteiger partial charge < -0.3 is 10.1 Å². The number of piperazine rings is 1. The van der Waals surface area contributed by atoms with Crippen LogP contribution in [0.4, 0.5) is 0 Å². The topological polar surface area (TPSA) is 41.6 Å². The number of hydrogen-bond acceptors (Lipinski definition) is 4. The molecule has 0 spiro atoms. The highest BCUT2D eigenvalue weighted by molar-refractivity contribution is 5.73. The van der Waals surface area contributed by atoms with Gasteiger partial charge in [0.2, 0.25) is 0 Å². The van der Waals surface area contributed by atoms with Gasteiger partial charge in [-0.3, -0.25) is 9.69 Å². The van der Waals surface area contributed by atoms with Crippen LogP contribution >= 0.6 is 0 Å². The van der Waals surface area contributed by atoms with Gasteiger partial charge >= 0.3 is 5.97 Å². The molecule has 4 nitrogen and oxygen atoms in total. The maximum absolute atomic E-state index is 12.0. The molecule has 0 radical (unpaired) electrons. The molecule has 0 aliphatic carbocycles. The summed E-state index contributed by atoms with van der Waals surface area (Å²) in [4.78, 5) is 14.5. The quantitative estimate of drug-likeness (QED) is 0.695. The summed E-state index contributed by atoms with van der Waals surface area (Å²) < 4.78 is 5.48. The van der Waals surface area contributed by atoms with Crippen molar-refractivity contribution in [1.82, 2.24) is 10.2 Å². The van der Waals surface area contributed by atoms with Gasteiger partial charge in [0.05, 0.1) is 5.92 Å². The standard InChI is InChI=1S/C13H24N2O2/c1-13(2,3)17-12(16)10-4-5-11-8-14-6-7-15(11)9-10/h10-11,14H,4-9H2,1-3H3. The van der Waals surface area contributed by atoms with E-state index < -0.39 is 0 Å². The number of fused-ring (bicyclic) bond motifs is 1. The van der Waals surface area contributed by atoms with E-state index in [0.717, 1.165) is 39.0 Å². The number of ether oxygens (including phenoxy) is 1. The van der Waals surface area contributed by atoms with E-state index in [9.17, 15) is 4.79 Å². The van der Waals surface area contributed by atoms with Gasteiger partial charge in [-0.25, -0.2) is 0 Å². The molecule has 17 heavy (non-hydrogen) atoms. The fraction of sp³-hybridized carbons (Fsp3) is 0.923. The Morgan fingerprint density at radius 2 is 2.12 bits per heavy atom. The van der Waals surface area contributed by atoms with Gasteiger partial charge in [0, 0.05) is 32.2 Å². The average molecular weight is 240 g/mol. The molecule has 2 aliphatic heterocycles. The summed E-state index contributed by atoms with van der Waals surface area (Å²) in [6, 6.07) is 0.627. The molecule has 1 N–H and O–H groups in total. The van der Waals surface area contributed by atoms with Gasteiger partial charge in [0.15, 0.2) is 0 Å². The molecule has 0 saturated carbocycles. The Morgan fingerprint density at radius 1 is 1.35 bits per heavy atom. The van der Waals surface area contributed by atoms with Crippen molar-refractivity contribution in [2.24, 2.45) is 5.92 Å². The van der Waals surface area contributed by atoms with Crippen LogP contribution in [0, 0.1) is 5.92 Å². The van der Waals surface area contributed by atoms with E-state index in [1.165, 1.54) is 0 Å². The second-order valence-corrected chi connectivity index (χ2v) is 6.16. The van der Waals surface area contributed by atoms with Crippen molar-refractivity contribution in [3.05, 3.63) is 0 Å². The van der Waals surface area contributed by atoms with Crippen molar-refractivity contribution in [3.8, 4) is 0 Å². The normalized spacial score (nSPS) is 30.8. The first-order chi connectivity index (χ1) is 7.96. The maximum Gasteiger partial charge on any atom is 0.310 e. The van der Waals surface area contributed by atoms with Crippen LogP contribution < -0.4 is 5.32 Å². The smallest absolute Gasteiger partial charge is 0.310 e. The van der Waals surface area contributed by atoms with E-state index in [-0.39, 0.29) is 17.5 Å². The van der Waals surface area contributed by atoms with E-state index in [0.29, 0.717) is 6.04 Å². The highest BCUT2D eigenvalue weighted by Crippen LogP contribution is 2.25. The zero-order chi connectivity index (χ0) is 12.5. The molecule has 2 saturated heterocycles. The first-order valence-electron chi connectivity index (χ1n) is 6.63. The Kier molecular flexibility index (Phi) is 3.73. The van der Waals surface area contributed by atoms with Crippen LogP contribution in [0.15, 0.2) is 0 Å². The lowest BCUT2D eigenvalue weighted by molar-refractivity contribution is -0.162. The van der Waals surface area contributed by atoms with Gasteiger partial charge in [-0.05, 0) is 33.6 Å². The number of nitrogens with zero attached hydrogens (tertiary/aromatic N) is 1. The SMILES string of the molecule is CC(C)(C)OC(=O)C1CCC2CNCCN2C1. The molecule has 0 amide bonds. The van der Waals surface area contributed by atoms with Crippen LogP contribution in [0.3, 0.4) is 0 Å². The highest BCUT2D eigenvalue weighted by Gasteiger charge is 2.35. The summed E-state index contributed by atoms with van der Waals surface area (Å²) in [5.74, 6) is 0.0538. The summed E-state index contributed by atoms with van der Waals surface area (Å²) in [7, 11) is 0. The van der Waals surface area contributed by atoms with Crippen molar-refractivity contribution in [2.45, 2.75) is 45.3 Å². The van der Waals surface area contributed by atoms with Crippen molar-refractivity contribution >= 4 is 5.97 Å². The highest BCUT2D eigenvalue weighted by atomic mass is 16.6. The number of hydrogen-bond donors (Lipinski definition) is 1. The van der Waals surface area contributed by atoms with Crippen LogP contribution in [0.2, 0.25) is 0 Å². The Balaban J connectivity index is 1.89. The number of carbonyl (C=O) groups is 1. The lowest BCUT2D eigenvalue weighted by atomic mass is 9.91. The molecule has 2 rings (SSSR count). The van der Waals surface area contributed by atoms with Crippen LogP contribution in [0.1, 0.15) is 33.6 Å². The number of piperidine rings is 1. The van der Waals surface area contributed by atoms with Gasteiger partial charge in [-0.2, -0.15) is 0 Å². The van der Waals surface area contributed by atoms with Crippen molar-refractivity contribution in [3.63, 3.8) is 0 Å². The van der Waals surface area contributed by atoms with E-state index in [4.69, 9.17) is 4.74 Å². The molecular formula is C13H24N2O2. The summed E-state index contributed by atoms with van der Waals surface area (Å²) in [5, 5.41) is 3.41. The molecule has 0 aromatic heterocycles. The number of carbonyl (C=O) groups excluding carboxylic acids is 1. The van der Waals surface area contributed by atoms with Crippen molar-refractivity contribution in [1.29, 1.82) is 0 Å². The summed E-state index contributed by atoms with van der Waals surface area (Å²) in [5.41, 5.74) is -0.364. The minimum atomic E-state index is -0.364. The summed E-state index contributed by atoms with van der Waals surface area (Å²) in [6.07, 6.45) is 2.08. The lowest BCUT2D eigenvalue weighted by Crippen LogP contribution is -2.56. The molecule has 4 heteroatoms. The van der Waals surface area contributed by atoms with Crippen LogP contribution in [0.5, 0.6) is 0 Å². The number of rotatable bonds is 1. The van der Waals surface area contributed by atoms with E-state index in [2.05, 4.69) is 10.2 Å². The third-order valence-corrected chi connectivity index (χ3v) is 3.52. The number of esters is 1. The van der Waals surface area contributed by atoms with E-state index in [1.807, 2.05) is 20.8 Å². The second-order valence-electron chi connectivity index (χ2n) is 6.16. The zero-order valence-electron chi connectivity index (χ0n) is 11.2. The summed E-state index contributed by atoms with van der Waals surface area (Å²) >= 11 is 0. The molecular weight excluding hydrogens is 216 g/mol. The fourth-order valence-electron chi connectivity index (χ4n) is 2.67. The third kappa shape index (κ3) is 3.42. The monoisotopic (exact) mass is 240 g/mol. The molecule has 2 atom stereocenters.